The van der Waals surface area contributed by atoms with Gasteiger partial charge in [0.25, 0.3) is 5.91 Å². The van der Waals surface area contributed by atoms with Crippen LogP contribution < -0.4 is 10.5 Å². The highest BCUT2D eigenvalue weighted by Crippen LogP contribution is 2.33. The molecule has 3 N–H and O–H groups in total. The molecule has 4 aromatic rings. The third-order valence-corrected chi connectivity index (χ3v) is 8.53. The third kappa shape index (κ3) is 5.59. The first-order chi connectivity index (χ1) is 17.7. The maximum absolute atomic E-state index is 13.0. The summed E-state index contributed by atoms with van der Waals surface area (Å²) in [4.78, 5) is 33.5. The Balaban J connectivity index is 1.21. The summed E-state index contributed by atoms with van der Waals surface area (Å²) in [6.45, 7) is 4.90. The second kappa shape index (κ2) is 10.1. The fourth-order valence-electron chi connectivity index (χ4n) is 3.92. The smallest absolute Gasteiger partial charge is 0.255 e. The lowest BCUT2D eigenvalue weighted by Crippen LogP contribution is -2.34. The summed E-state index contributed by atoms with van der Waals surface area (Å²) in [6.07, 6.45) is 5.34. The maximum atomic E-state index is 13.0. The second-order valence-corrected chi connectivity index (χ2v) is 12.0. The minimum atomic E-state index is -3.78. The molecular weight excluding hydrogens is 531 g/mol. The number of anilines is 2. The summed E-state index contributed by atoms with van der Waals surface area (Å²) in [5, 5.41) is 12.0. The van der Waals surface area contributed by atoms with Gasteiger partial charge in [-0.25, -0.2) is 28.5 Å². The van der Waals surface area contributed by atoms with Gasteiger partial charge in [0, 0.05) is 30.9 Å². The molecule has 5 heterocycles. The Morgan fingerprint density at radius 1 is 1.08 bits per heavy atom. The van der Waals surface area contributed by atoms with Crippen LogP contribution in [0.25, 0.3) is 16.1 Å². The predicted octanol–water partition coefficient (Wildman–Crippen LogP) is 3.99. The molecule has 0 aromatic carbocycles. The average Bonchev–Trinajstić information content (AvgIpc) is 3.48. The van der Waals surface area contributed by atoms with Crippen molar-refractivity contribution in [1.82, 2.24) is 24.8 Å². The Morgan fingerprint density at radius 2 is 1.92 bits per heavy atom. The van der Waals surface area contributed by atoms with Gasteiger partial charge in [0.1, 0.15) is 10.7 Å². The molecule has 0 saturated heterocycles. The quantitative estimate of drug-likeness (QED) is 0.365. The van der Waals surface area contributed by atoms with E-state index in [2.05, 4.69) is 25.3 Å². The van der Waals surface area contributed by atoms with Gasteiger partial charge in [-0.2, -0.15) is 0 Å². The van der Waals surface area contributed by atoms with Crippen LogP contribution in [0, 0.1) is 13.8 Å². The van der Waals surface area contributed by atoms with Crippen LogP contribution in [0.5, 0.6) is 0 Å². The predicted molar refractivity (Wildman–Crippen MR) is 144 cm³/mol. The van der Waals surface area contributed by atoms with Crippen LogP contribution in [0.2, 0.25) is 0 Å². The molecule has 13 heteroatoms. The van der Waals surface area contributed by atoms with Gasteiger partial charge in [-0.1, -0.05) is 6.08 Å². The van der Waals surface area contributed by atoms with E-state index >= 15 is 0 Å². The van der Waals surface area contributed by atoms with Gasteiger partial charge in [-0.3, -0.25) is 9.78 Å². The van der Waals surface area contributed by atoms with Gasteiger partial charge in [0.05, 0.1) is 32.5 Å². The number of hydrogen-bond donors (Lipinski definition) is 2. The SMILES string of the molecule is Cc1nc(C)c(-c2csc(Nc3ccc(C(=O)N4CC=C(c5ccc(S(N)(=O)=O)cn5)CC4)cn3)n2)s1. The third-order valence-electron chi connectivity index (χ3n) is 5.78. The Bertz CT molecular complexity index is 1590. The first-order valence-corrected chi connectivity index (χ1v) is 14.5. The van der Waals surface area contributed by atoms with E-state index in [1.165, 1.54) is 23.6 Å². The molecule has 0 atom stereocenters. The molecule has 37 heavy (non-hydrogen) atoms. The largest absolute Gasteiger partial charge is 0.335 e. The van der Waals surface area contributed by atoms with Crippen molar-refractivity contribution in [1.29, 1.82) is 0 Å². The Hall–Kier alpha value is -3.52. The van der Waals surface area contributed by atoms with Crippen molar-refractivity contribution < 1.29 is 13.2 Å². The fourth-order valence-corrected chi connectivity index (χ4v) is 6.04. The monoisotopic (exact) mass is 553 g/mol. The first kappa shape index (κ1) is 25.1. The van der Waals surface area contributed by atoms with E-state index in [1.54, 1.807) is 40.6 Å². The number of carbonyl (C=O) groups excluding carboxylic acids is 1. The zero-order chi connectivity index (χ0) is 26.2. The maximum Gasteiger partial charge on any atom is 0.255 e. The molecule has 0 unspecified atom stereocenters. The van der Waals surface area contributed by atoms with Gasteiger partial charge in [-0.05, 0) is 50.1 Å². The molecule has 0 radical (unpaired) electrons. The molecular formula is C24H23N7O3S3. The second-order valence-electron chi connectivity index (χ2n) is 8.40. The average molecular weight is 554 g/mol. The van der Waals surface area contributed by atoms with Crippen LogP contribution in [-0.4, -0.2) is 52.3 Å². The van der Waals surface area contributed by atoms with Crippen molar-refractivity contribution in [3.63, 3.8) is 0 Å². The van der Waals surface area contributed by atoms with E-state index in [9.17, 15) is 13.2 Å². The van der Waals surface area contributed by atoms with Crippen molar-refractivity contribution in [2.45, 2.75) is 25.2 Å². The summed E-state index contributed by atoms with van der Waals surface area (Å²) in [7, 11) is -3.78. The molecule has 0 spiro atoms. The number of rotatable bonds is 6. The summed E-state index contributed by atoms with van der Waals surface area (Å²) < 4.78 is 22.8. The highest BCUT2D eigenvalue weighted by Gasteiger charge is 2.21. The van der Waals surface area contributed by atoms with Crippen molar-refractivity contribution in [3.8, 4) is 10.6 Å². The van der Waals surface area contributed by atoms with Crippen LogP contribution in [-0.2, 0) is 10.0 Å². The van der Waals surface area contributed by atoms with Crippen LogP contribution in [0.4, 0.5) is 10.9 Å². The number of nitrogens with zero attached hydrogens (tertiary/aromatic N) is 5. The van der Waals surface area contributed by atoms with Gasteiger partial charge in [0.2, 0.25) is 10.0 Å². The highest BCUT2D eigenvalue weighted by molar-refractivity contribution is 7.89. The number of amides is 1. The molecule has 10 nitrogen and oxygen atoms in total. The summed E-state index contributed by atoms with van der Waals surface area (Å²) in [5.74, 6) is 0.490. The van der Waals surface area contributed by atoms with Gasteiger partial charge < -0.3 is 10.2 Å². The molecule has 5 rings (SSSR count). The minimum Gasteiger partial charge on any atom is -0.335 e. The Morgan fingerprint density at radius 3 is 2.51 bits per heavy atom. The van der Waals surface area contributed by atoms with Crippen molar-refractivity contribution in [2.24, 2.45) is 5.14 Å². The van der Waals surface area contributed by atoms with Crippen molar-refractivity contribution >= 4 is 55.1 Å². The number of aryl methyl sites for hydroxylation is 2. The molecule has 0 bridgehead atoms. The zero-order valence-electron chi connectivity index (χ0n) is 20.0. The number of nitrogens with two attached hydrogens (primary N) is 1. The standard InChI is InChI=1S/C24H23N7O3S3/c1-14-22(36-15(2)28-14)20-13-35-24(29-20)30-21-6-3-17(11-27-21)23(32)31-9-7-16(8-10-31)19-5-4-18(12-26-19)37(25,33)34/h3-7,11-13H,8-10H2,1-2H3,(H2,25,33,34)(H,27,29,30). The number of thiazole rings is 2. The fraction of sp³-hybridized carbons (Fsp3) is 0.208. The number of hydrogen-bond acceptors (Lipinski definition) is 10. The van der Waals surface area contributed by atoms with Crippen LogP contribution in [0.15, 0.2) is 53.0 Å². The van der Waals surface area contributed by atoms with Crippen LogP contribution in [0.3, 0.4) is 0 Å². The molecule has 190 valence electrons. The van der Waals surface area contributed by atoms with Gasteiger partial charge >= 0.3 is 0 Å². The molecule has 1 aliphatic heterocycles. The first-order valence-electron chi connectivity index (χ1n) is 11.3. The molecule has 0 saturated carbocycles. The lowest BCUT2D eigenvalue weighted by molar-refractivity contribution is 0.0772. The topological polar surface area (TPSA) is 144 Å². The molecule has 4 aromatic heterocycles. The van der Waals surface area contributed by atoms with Gasteiger partial charge in [0.15, 0.2) is 5.13 Å². The van der Waals surface area contributed by atoms with E-state index in [0.717, 1.165) is 26.8 Å². The zero-order valence-corrected chi connectivity index (χ0v) is 22.5. The lowest BCUT2D eigenvalue weighted by atomic mass is 10.0. The number of primary sulfonamides is 1. The number of pyridine rings is 2. The summed E-state index contributed by atoms with van der Waals surface area (Å²) in [5.41, 5.74) is 3.97. The van der Waals surface area contributed by atoms with E-state index < -0.39 is 10.0 Å². The normalized spacial score (nSPS) is 13.9. The Kier molecular flexibility index (Phi) is 6.86. The minimum absolute atomic E-state index is 0.0322. The summed E-state index contributed by atoms with van der Waals surface area (Å²) in [6, 6.07) is 6.57. The summed E-state index contributed by atoms with van der Waals surface area (Å²) >= 11 is 3.10. The number of sulfonamides is 1. The number of carbonyl (C=O) groups is 1. The van der Waals surface area contributed by atoms with Crippen LogP contribution in [0.1, 0.15) is 33.2 Å². The molecule has 1 aliphatic rings. The lowest BCUT2D eigenvalue weighted by Gasteiger charge is -2.26. The Labute approximate surface area is 222 Å². The van der Waals surface area contributed by atoms with Gasteiger partial charge in [-0.15, -0.1) is 22.7 Å². The van der Waals surface area contributed by atoms with Crippen molar-refractivity contribution in [3.05, 3.63) is 70.1 Å². The van der Waals surface area contributed by atoms with Crippen LogP contribution >= 0.6 is 22.7 Å². The molecule has 0 aliphatic carbocycles. The number of aromatic nitrogens is 4. The van der Waals surface area contributed by atoms with E-state index in [-0.39, 0.29) is 10.8 Å². The molecule has 1 amide bonds. The van der Waals surface area contributed by atoms with E-state index in [4.69, 9.17) is 5.14 Å². The highest BCUT2D eigenvalue weighted by atomic mass is 32.2. The number of nitrogens with one attached hydrogen (secondary N) is 1. The van der Waals surface area contributed by atoms with E-state index in [1.807, 2.05) is 25.3 Å². The van der Waals surface area contributed by atoms with E-state index in [0.29, 0.717) is 41.7 Å². The van der Waals surface area contributed by atoms with Crippen molar-refractivity contribution in [2.75, 3.05) is 18.4 Å². The molecule has 0 fully saturated rings.